The van der Waals surface area contributed by atoms with E-state index in [2.05, 4.69) is 10.3 Å². The molecule has 1 aromatic carbocycles. The Balaban J connectivity index is 1.60. The average molecular weight is 469 g/mol. The summed E-state index contributed by atoms with van der Waals surface area (Å²) in [7, 11) is 1.76. The zero-order valence-corrected chi connectivity index (χ0v) is 19.4. The Labute approximate surface area is 195 Å². The van der Waals surface area contributed by atoms with Crippen LogP contribution in [0.3, 0.4) is 0 Å². The zero-order valence-electron chi connectivity index (χ0n) is 18.6. The Morgan fingerprint density at radius 3 is 2.61 bits per heavy atom. The molecule has 33 heavy (non-hydrogen) atoms. The Morgan fingerprint density at radius 2 is 1.97 bits per heavy atom. The minimum Gasteiger partial charge on any atom is -0.476 e. The Kier molecular flexibility index (Phi) is 4.81. The Hall–Kier alpha value is -2.97. The van der Waals surface area contributed by atoms with Crippen LogP contribution >= 0.6 is 11.6 Å². The molecule has 2 heterocycles. The van der Waals surface area contributed by atoms with Crippen LogP contribution in [0.1, 0.15) is 59.7 Å². The SMILES string of the molecule is Cc1cc([C@@H](C)Nc2ccc(Cl)nc2C(=O)O)c2nc(C34CC(CO)(C3)C4)n(C)c(=O)c2c1. The fourth-order valence-electron chi connectivity index (χ4n) is 5.79. The van der Waals surface area contributed by atoms with Crippen LogP contribution in [0.25, 0.3) is 10.9 Å². The van der Waals surface area contributed by atoms with E-state index in [9.17, 15) is 19.8 Å². The van der Waals surface area contributed by atoms with Gasteiger partial charge in [0, 0.05) is 24.6 Å². The molecule has 2 bridgehead atoms. The van der Waals surface area contributed by atoms with Crippen molar-refractivity contribution in [3.8, 4) is 0 Å². The van der Waals surface area contributed by atoms with Gasteiger partial charge in [0.2, 0.25) is 0 Å². The number of aromatic carboxylic acids is 1. The third kappa shape index (κ3) is 3.23. The highest BCUT2D eigenvalue weighted by Crippen LogP contribution is 2.72. The van der Waals surface area contributed by atoms with Crippen molar-refractivity contribution < 1.29 is 15.0 Å². The van der Waals surface area contributed by atoms with Crippen molar-refractivity contribution in [2.45, 2.75) is 44.6 Å². The minimum absolute atomic E-state index is 0.00749. The molecule has 3 N–H and O–H groups in total. The molecule has 0 spiro atoms. The number of nitrogens with one attached hydrogen (secondary N) is 1. The lowest BCUT2D eigenvalue weighted by molar-refractivity contribution is -0.173. The lowest BCUT2D eigenvalue weighted by Crippen LogP contribution is -2.67. The molecule has 3 aliphatic carbocycles. The van der Waals surface area contributed by atoms with Crippen molar-refractivity contribution in [1.29, 1.82) is 0 Å². The maximum absolute atomic E-state index is 13.3. The van der Waals surface area contributed by atoms with Gasteiger partial charge in [0.25, 0.3) is 5.56 Å². The number of halogens is 1. The number of carboxylic acids is 1. The number of pyridine rings is 1. The molecule has 1 atom stereocenters. The van der Waals surface area contributed by atoms with Crippen LogP contribution in [0.4, 0.5) is 5.69 Å². The van der Waals surface area contributed by atoms with Gasteiger partial charge >= 0.3 is 5.97 Å². The van der Waals surface area contributed by atoms with Crippen LogP contribution in [-0.2, 0) is 12.5 Å². The summed E-state index contributed by atoms with van der Waals surface area (Å²) in [6, 6.07) is 6.58. The summed E-state index contributed by atoms with van der Waals surface area (Å²) >= 11 is 5.88. The number of fused-ring (bicyclic) bond motifs is 1. The number of aliphatic hydroxyl groups is 1. The number of benzene rings is 1. The van der Waals surface area contributed by atoms with Gasteiger partial charge in [-0.3, -0.25) is 9.36 Å². The minimum atomic E-state index is -1.18. The fourth-order valence-corrected chi connectivity index (χ4v) is 5.93. The van der Waals surface area contributed by atoms with Gasteiger partial charge in [-0.1, -0.05) is 17.7 Å². The molecule has 3 aromatic rings. The molecule has 0 radical (unpaired) electrons. The van der Waals surface area contributed by atoms with Crippen LogP contribution < -0.4 is 10.9 Å². The number of aliphatic hydroxyl groups excluding tert-OH is 1. The number of aromatic nitrogens is 3. The second-order valence-electron chi connectivity index (χ2n) is 9.72. The van der Waals surface area contributed by atoms with Crippen LogP contribution in [0.15, 0.2) is 29.1 Å². The molecule has 3 saturated carbocycles. The van der Waals surface area contributed by atoms with Crippen LogP contribution in [0, 0.1) is 12.3 Å². The standard InChI is InChI=1S/C24H25ClN4O4/c1-12-6-14(13(2)26-16-4-5-17(25)27-19(16)21(32)33)18-15(7-12)20(31)29(3)22(28-18)24-8-23(9-24,10-24)11-30/h4-7,13,26,30H,8-11H2,1-3H3,(H,32,33)/t13-,23?,24?/m1/s1. The van der Waals surface area contributed by atoms with Gasteiger partial charge in [-0.25, -0.2) is 14.8 Å². The first kappa shape index (κ1) is 21.9. The molecule has 0 saturated heterocycles. The molecule has 9 heteroatoms. The van der Waals surface area contributed by atoms with E-state index in [1.165, 1.54) is 6.07 Å². The van der Waals surface area contributed by atoms with Gasteiger partial charge < -0.3 is 15.5 Å². The monoisotopic (exact) mass is 468 g/mol. The first-order valence-corrected chi connectivity index (χ1v) is 11.2. The summed E-state index contributed by atoms with van der Waals surface area (Å²) in [5.74, 6) is -0.427. The second-order valence-corrected chi connectivity index (χ2v) is 10.1. The first-order chi connectivity index (χ1) is 15.6. The number of hydrogen-bond donors (Lipinski definition) is 3. The second kappa shape index (κ2) is 7.27. The number of aryl methyl sites for hydroxylation is 1. The number of anilines is 1. The van der Waals surface area contributed by atoms with E-state index in [-0.39, 0.29) is 39.9 Å². The normalized spacial score (nSPS) is 24.2. The third-order valence-electron chi connectivity index (χ3n) is 7.21. The molecule has 172 valence electrons. The predicted octanol–water partition coefficient (Wildman–Crippen LogP) is 3.58. The summed E-state index contributed by atoms with van der Waals surface area (Å²) < 4.78 is 1.65. The average Bonchev–Trinajstić information content (AvgIpc) is 2.71. The summed E-state index contributed by atoms with van der Waals surface area (Å²) in [4.78, 5) is 33.9. The molecule has 3 fully saturated rings. The number of hydrogen-bond acceptors (Lipinski definition) is 6. The molecule has 2 aromatic heterocycles. The quantitative estimate of drug-likeness (QED) is 0.473. The van der Waals surface area contributed by atoms with Crippen LogP contribution in [-0.4, -0.2) is 37.3 Å². The number of carboxylic acid groups (broad SMARTS) is 1. The number of rotatable bonds is 6. The van der Waals surface area contributed by atoms with E-state index in [1.807, 2.05) is 26.0 Å². The third-order valence-corrected chi connectivity index (χ3v) is 7.42. The van der Waals surface area contributed by atoms with Crippen molar-refractivity contribution in [2.75, 3.05) is 11.9 Å². The van der Waals surface area contributed by atoms with Crippen LogP contribution in [0.2, 0.25) is 5.15 Å². The van der Waals surface area contributed by atoms with Gasteiger partial charge in [-0.2, -0.15) is 0 Å². The first-order valence-electron chi connectivity index (χ1n) is 10.9. The van der Waals surface area contributed by atoms with E-state index in [4.69, 9.17) is 16.6 Å². The van der Waals surface area contributed by atoms with E-state index in [1.54, 1.807) is 17.7 Å². The van der Waals surface area contributed by atoms with E-state index >= 15 is 0 Å². The van der Waals surface area contributed by atoms with Crippen LogP contribution in [0.5, 0.6) is 0 Å². The van der Waals surface area contributed by atoms with Gasteiger partial charge in [-0.05, 0) is 62.3 Å². The topological polar surface area (TPSA) is 117 Å². The number of carbonyl (C=O) groups is 1. The van der Waals surface area contributed by atoms with Crippen molar-refractivity contribution in [2.24, 2.45) is 12.5 Å². The predicted molar refractivity (Wildman–Crippen MR) is 125 cm³/mol. The highest BCUT2D eigenvalue weighted by molar-refractivity contribution is 6.29. The molecular formula is C24H25ClN4O4. The van der Waals surface area contributed by atoms with Gasteiger partial charge in [0.05, 0.1) is 22.6 Å². The maximum Gasteiger partial charge on any atom is 0.356 e. The molecule has 6 rings (SSSR count). The largest absolute Gasteiger partial charge is 0.476 e. The van der Waals surface area contributed by atoms with E-state index in [0.717, 1.165) is 36.2 Å². The summed E-state index contributed by atoms with van der Waals surface area (Å²) in [6.07, 6.45) is 2.53. The van der Waals surface area contributed by atoms with Crippen molar-refractivity contribution >= 4 is 34.2 Å². The molecule has 3 aliphatic rings. The molecule has 0 amide bonds. The van der Waals surface area contributed by atoms with Crippen molar-refractivity contribution in [3.05, 3.63) is 62.4 Å². The summed E-state index contributed by atoms with van der Waals surface area (Å²) in [6.45, 7) is 3.99. The molecule has 8 nitrogen and oxygen atoms in total. The molecule has 0 aliphatic heterocycles. The van der Waals surface area contributed by atoms with Crippen molar-refractivity contribution in [1.82, 2.24) is 14.5 Å². The van der Waals surface area contributed by atoms with E-state index < -0.39 is 5.97 Å². The molecule has 0 unspecified atom stereocenters. The van der Waals surface area contributed by atoms with Gasteiger partial charge in [-0.15, -0.1) is 0 Å². The lowest BCUT2D eigenvalue weighted by atomic mass is 9.35. The summed E-state index contributed by atoms with van der Waals surface area (Å²) in [5.41, 5.74) is 2.23. The highest BCUT2D eigenvalue weighted by Gasteiger charge is 2.69. The zero-order chi connectivity index (χ0) is 23.7. The Bertz CT molecular complexity index is 1360. The number of nitrogens with zero attached hydrogens (tertiary/aromatic N) is 3. The summed E-state index contributed by atoms with van der Waals surface area (Å²) in [5, 5.41) is 23.0. The molecular weight excluding hydrogens is 444 g/mol. The Morgan fingerprint density at radius 1 is 1.27 bits per heavy atom. The lowest BCUT2D eigenvalue weighted by Gasteiger charge is -2.69. The fraction of sp³-hybridized carbons (Fsp3) is 0.417. The smallest absolute Gasteiger partial charge is 0.356 e. The van der Waals surface area contributed by atoms with Gasteiger partial charge in [0.1, 0.15) is 11.0 Å². The van der Waals surface area contributed by atoms with E-state index in [0.29, 0.717) is 16.6 Å². The maximum atomic E-state index is 13.3. The highest BCUT2D eigenvalue weighted by atomic mass is 35.5. The van der Waals surface area contributed by atoms with Gasteiger partial charge in [0.15, 0.2) is 5.69 Å². The van der Waals surface area contributed by atoms with Crippen molar-refractivity contribution in [3.63, 3.8) is 0 Å².